The number of halogens is 1. The van der Waals surface area contributed by atoms with Crippen molar-refractivity contribution in [2.75, 3.05) is 60.1 Å². The Balaban J connectivity index is 1.56. The van der Waals surface area contributed by atoms with E-state index in [0.717, 1.165) is 44.6 Å². The lowest BCUT2D eigenvalue weighted by molar-refractivity contribution is -0.0299. The van der Waals surface area contributed by atoms with Gasteiger partial charge in [0, 0.05) is 51.9 Å². The zero-order valence-corrected chi connectivity index (χ0v) is 16.3. The standard InChI is InChI=1S/C20H30FN3O3/c1-22-10-11-23(15-17-4-3-5-18(21)14-17)16-20(22)6-8-24(9-7-20)19(25)27-13-12-26-2/h3-5,14H,6-13,15-16H2,1-2H3. The van der Waals surface area contributed by atoms with Crippen LogP contribution in [0, 0.1) is 5.82 Å². The maximum absolute atomic E-state index is 13.5. The van der Waals surface area contributed by atoms with Crippen molar-refractivity contribution in [1.82, 2.24) is 14.7 Å². The van der Waals surface area contributed by atoms with Crippen LogP contribution in [0.2, 0.25) is 0 Å². The van der Waals surface area contributed by atoms with Crippen molar-refractivity contribution in [1.29, 1.82) is 0 Å². The number of hydrogen-bond donors (Lipinski definition) is 0. The van der Waals surface area contributed by atoms with Crippen LogP contribution >= 0.6 is 0 Å². The minimum atomic E-state index is -0.253. The van der Waals surface area contributed by atoms with E-state index in [1.54, 1.807) is 24.1 Å². The van der Waals surface area contributed by atoms with Gasteiger partial charge in [-0.1, -0.05) is 12.1 Å². The predicted molar refractivity (Wildman–Crippen MR) is 101 cm³/mol. The number of piperidine rings is 1. The van der Waals surface area contributed by atoms with Gasteiger partial charge in [-0.25, -0.2) is 9.18 Å². The van der Waals surface area contributed by atoms with Crippen LogP contribution < -0.4 is 0 Å². The third-order valence-electron chi connectivity index (χ3n) is 5.84. The molecule has 0 bridgehead atoms. The second-order valence-corrected chi connectivity index (χ2v) is 7.58. The summed E-state index contributed by atoms with van der Waals surface area (Å²) in [6.45, 7) is 5.75. The summed E-state index contributed by atoms with van der Waals surface area (Å²) in [5.74, 6) is -0.184. The Kier molecular flexibility index (Phi) is 6.68. The molecule has 2 aliphatic heterocycles. The molecule has 1 amide bonds. The highest BCUT2D eigenvalue weighted by atomic mass is 19.1. The smallest absolute Gasteiger partial charge is 0.409 e. The van der Waals surface area contributed by atoms with Gasteiger partial charge in [0.1, 0.15) is 12.4 Å². The highest BCUT2D eigenvalue weighted by molar-refractivity contribution is 5.67. The lowest BCUT2D eigenvalue weighted by Crippen LogP contribution is -2.64. The zero-order valence-electron chi connectivity index (χ0n) is 16.3. The molecule has 6 nitrogen and oxygen atoms in total. The molecule has 2 saturated heterocycles. The number of methoxy groups -OCH3 is 1. The van der Waals surface area contributed by atoms with E-state index in [-0.39, 0.29) is 24.1 Å². The summed E-state index contributed by atoms with van der Waals surface area (Å²) in [6.07, 6.45) is 1.59. The highest BCUT2D eigenvalue weighted by Crippen LogP contribution is 2.32. The third kappa shape index (κ3) is 4.97. The van der Waals surface area contributed by atoms with Crippen molar-refractivity contribution in [3.63, 3.8) is 0 Å². The molecule has 1 spiro atoms. The maximum Gasteiger partial charge on any atom is 0.409 e. The Bertz CT molecular complexity index is 635. The number of piperazine rings is 1. The van der Waals surface area contributed by atoms with E-state index in [4.69, 9.17) is 9.47 Å². The van der Waals surface area contributed by atoms with Crippen molar-refractivity contribution >= 4 is 6.09 Å². The average molecular weight is 379 g/mol. The Morgan fingerprint density at radius 3 is 2.67 bits per heavy atom. The van der Waals surface area contributed by atoms with Gasteiger partial charge in [0.25, 0.3) is 0 Å². The highest BCUT2D eigenvalue weighted by Gasteiger charge is 2.43. The first-order chi connectivity index (χ1) is 13.0. The molecule has 2 aliphatic rings. The van der Waals surface area contributed by atoms with Crippen molar-refractivity contribution in [2.24, 2.45) is 0 Å². The molecule has 1 aromatic rings. The van der Waals surface area contributed by atoms with Crippen LogP contribution in [-0.4, -0.2) is 86.4 Å². The molecule has 2 heterocycles. The van der Waals surface area contributed by atoms with Gasteiger partial charge in [-0.05, 0) is 37.6 Å². The topological polar surface area (TPSA) is 45.3 Å². The Labute approximate surface area is 160 Å². The number of amides is 1. The number of carbonyl (C=O) groups excluding carboxylic acids is 1. The Hall–Kier alpha value is -1.70. The Morgan fingerprint density at radius 2 is 1.96 bits per heavy atom. The van der Waals surface area contributed by atoms with Crippen LogP contribution in [0.4, 0.5) is 9.18 Å². The number of carbonyl (C=O) groups is 1. The van der Waals surface area contributed by atoms with Gasteiger partial charge in [-0.15, -0.1) is 0 Å². The second-order valence-electron chi connectivity index (χ2n) is 7.58. The van der Waals surface area contributed by atoms with E-state index in [1.807, 2.05) is 6.07 Å². The van der Waals surface area contributed by atoms with Gasteiger partial charge in [0.15, 0.2) is 0 Å². The molecule has 0 radical (unpaired) electrons. The van der Waals surface area contributed by atoms with Gasteiger partial charge in [0.05, 0.1) is 6.61 Å². The van der Waals surface area contributed by atoms with Gasteiger partial charge in [-0.3, -0.25) is 9.80 Å². The molecule has 0 atom stereocenters. The minimum Gasteiger partial charge on any atom is -0.447 e. The summed E-state index contributed by atoms with van der Waals surface area (Å²) in [7, 11) is 3.76. The van der Waals surface area contributed by atoms with Crippen molar-refractivity contribution in [3.8, 4) is 0 Å². The maximum atomic E-state index is 13.5. The first kappa shape index (κ1) is 20.0. The third-order valence-corrected chi connectivity index (χ3v) is 5.84. The summed E-state index contributed by atoms with van der Waals surface area (Å²) < 4.78 is 23.6. The number of likely N-dealkylation sites (N-methyl/N-ethyl adjacent to an activating group) is 1. The fraction of sp³-hybridized carbons (Fsp3) is 0.650. The first-order valence-electron chi connectivity index (χ1n) is 9.61. The van der Waals surface area contributed by atoms with E-state index in [9.17, 15) is 9.18 Å². The monoisotopic (exact) mass is 379 g/mol. The summed E-state index contributed by atoms with van der Waals surface area (Å²) in [5.41, 5.74) is 1.07. The van der Waals surface area contributed by atoms with Crippen LogP contribution in [-0.2, 0) is 16.0 Å². The fourth-order valence-corrected chi connectivity index (χ4v) is 4.12. The molecule has 0 N–H and O–H groups in total. The molecular formula is C20H30FN3O3. The Morgan fingerprint density at radius 1 is 1.19 bits per heavy atom. The molecule has 2 fully saturated rings. The molecule has 0 unspecified atom stereocenters. The first-order valence-corrected chi connectivity index (χ1v) is 9.61. The van der Waals surface area contributed by atoms with E-state index < -0.39 is 0 Å². The van der Waals surface area contributed by atoms with Crippen molar-refractivity contribution in [3.05, 3.63) is 35.6 Å². The van der Waals surface area contributed by atoms with Gasteiger partial charge < -0.3 is 14.4 Å². The van der Waals surface area contributed by atoms with Crippen LogP contribution in [0.1, 0.15) is 18.4 Å². The molecule has 0 aliphatic carbocycles. The van der Waals surface area contributed by atoms with E-state index in [2.05, 4.69) is 16.8 Å². The lowest BCUT2D eigenvalue weighted by Gasteiger charge is -2.53. The summed E-state index contributed by atoms with van der Waals surface area (Å²) >= 11 is 0. The van der Waals surface area contributed by atoms with Crippen molar-refractivity contribution < 1.29 is 18.7 Å². The molecule has 3 rings (SSSR count). The van der Waals surface area contributed by atoms with Gasteiger partial charge in [0.2, 0.25) is 0 Å². The predicted octanol–water partition coefficient (Wildman–Crippen LogP) is 2.19. The molecule has 1 aromatic carbocycles. The quantitative estimate of drug-likeness (QED) is 0.734. The van der Waals surface area contributed by atoms with Crippen LogP contribution in [0.25, 0.3) is 0 Å². The normalized spacial score (nSPS) is 20.8. The van der Waals surface area contributed by atoms with Crippen LogP contribution in [0.3, 0.4) is 0 Å². The van der Waals surface area contributed by atoms with E-state index in [1.165, 1.54) is 6.07 Å². The summed E-state index contributed by atoms with van der Waals surface area (Å²) in [6, 6.07) is 6.84. The average Bonchev–Trinajstić information content (AvgIpc) is 2.66. The number of benzene rings is 1. The number of likely N-dealkylation sites (tertiary alicyclic amines) is 1. The summed E-state index contributed by atoms with van der Waals surface area (Å²) in [4.78, 5) is 18.8. The molecule has 7 heteroatoms. The minimum absolute atomic E-state index is 0.0644. The molecule has 0 aromatic heterocycles. The number of hydrogen-bond acceptors (Lipinski definition) is 5. The van der Waals surface area contributed by atoms with E-state index >= 15 is 0 Å². The van der Waals surface area contributed by atoms with E-state index in [0.29, 0.717) is 19.7 Å². The van der Waals surface area contributed by atoms with Crippen LogP contribution in [0.5, 0.6) is 0 Å². The number of ether oxygens (including phenoxy) is 2. The molecular weight excluding hydrogens is 349 g/mol. The molecule has 27 heavy (non-hydrogen) atoms. The zero-order chi connectivity index (χ0) is 19.3. The molecule has 0 saturated carbocycles. The lowest BCUT2D eigenvalue weighted by atomic mass is 9.83. The fourth-order valence-electron chi connectivity index (χ4n) is 4.12. The molecule has 150 valence electrons. The van der Waals surface area contributed by atoms with Crippen LogP contribution in [0.15, 0.2) is 24.3 Å². The van der Waals surface area contributed by atoms with Gasteiger partial charge in [-0.2, -0.15) is 0 Å². The number of nitrogens with zero attached hydrogens (tertiary/aromatic N) is 3. The SMILES string of the molecule is COCCOC(=O)N1CCC2(CC1)CN(Cc1cccc(F)c1)CCN2C. The van der Waals surface area contributed by atoms with Crippen molar-refractivity contribution in [2.45, 2.75) is 24.9 Å². The second kappa shape index (κ2) is 8.99. The summed E-state index contributed by atoms with van der Waals surface area (Å²) in [5, 5.41) is 0. The largest absolute Gasteiger partial charge is 0.447 e. The number of rotatable bonds is 5. The van der Waals surface area contributed by atoms with Gasteiger partial charge >= 0.3 is 6.09 Å².